The van der Waals surface area contributed by atoms with Gasteiger partial charge in [-0.15, -0.1) is 0 Å². The average Bonchev–Trinajstić information content (AvgIpc) is 2.35. The molecule has 0 radical (unpaired) electrons. The van der Waals surface area contributed by atoms with Gasteiger partial charge in [0.25, 0.3) is 0 Å². The minimum absolute atomic E-state index is 0.813. The van der Waals surface area contributed by atoms with Gasteiger partial charge in [-0.3, -0.25) is 0 Å². The number of aryl methyl sites for hydroxylation is 1. The lowest BCUT2D eigenvalue weighted by molar-refractivity contribution is 0.916. The first-order valence-corrected chi connectivity index (χ1v) is 6.19. The zero-order valence-corrected chi connectivity index (χ0v) is 11.3. The number of anilines is 2. The highest BCUT2D eigenvalue weighted by atomic mass is 15.1. The van der Waals surface area contributed by atoms with Crippen LogP contribution in [0.25, 0.3) is 0 Å². The minimum atomic E-state index is 0.813. The lowest BCUT2D eigenvalue weighted by atomic mass is 10.1. The summed E-state index contributed by atoms with van der Waals surface area (Å²) < 4.78 is 0. The molecule has 0 spiro atoms. The van der Waals surface area contributed by atoms with Crippen molar-refractivity contribution in [1.82, 2.24) is 0 Å². The van der Waals surface area contributed by atoms with Gasteiger partial charge in [-0.1, -0.05) is 24.3 Å². The fourth-order valence-electron chi connectivity index (χ4n) is 2.13. The molecule has 2 aromatic carbocycles. The molecular weight excluding hydrogens is 220 g/mol. The van der Waals surface area contributed by atoms with Crippen molar-refractivity contribution in [2.75, 3.05) is 17.7 Å². The van der Waals surface area contributed by atoms with E-state index in [4.69, 9.17) is 5.73 Å². The van der Waals surface area contributed by atoms with Crippen molar-refractivity contribution in [3.8, 4) is 0 Å². The van der Waals surface area contributed by atoms with Crippen LogP contribution in [-0.4, -0.2) is 7.05 Å². The number of nitrogens with zero attached hydrogens (tertiary/aromatic N) is 1. The number of rotatable bonds is 3. The monoisotopic (exact) mass is 240 g/mol. The second-order valence-electron chi connectivity index (χ2n) is 4.82. The Morgan fingerprint density at radius 1 is 1.00 bits per heavy atom. The third-order valence-electron chi connectivity index (χ3n) is 3.39. The Morgan fingerprint density at radius 3 is 2.33 bits per heavy atom. The molecule has 0 saturated carbocycles. The van der Waals surface area contributed by atoms with E-state index in [1.807, 2.05) is 12.1 Å². The highest BCUT2D eigenvalue weighted by Crippen LogP contribution is 2.23. The van der Waals surface area contributed by atoms with Gasteiger partial charge in [-0.2, -0.15) is 0 Å². The van der Waals surface area contributed by atoms with Crippen molar-refractivity contribution >= 4 is 11.4 Å². The molecule has 2 N–H and O–H groups in total. The van der Waals surface area contributed by atoms with Gasteiger partial charge in [0, 0.05) is 25.0 Å². The third-order valence-corrected chi connectivity index (χ3v) is 3.39. The van der Waals surface area contributed by atoms with Crippen molar-refractivity contribution in [3.05, 3.63) is 59.2 Å². The summed E-state index contributed by atoms with van der Waals surface area (Å²) in [5, 5.41) is 0. The molecule has 2 aromatic rings. The molecule has 2 heteroatoms. The predicted molar refractivity (Wildman–Crippen MR) is 78.9 cm³/mol. The van der Waals surface area contributed by atoms with E-state index < -0.39 is 0 Å². The number of benzene rings is 2. The predicted octanol–water partition coefficient (Wildman–Crippen LogP) is 3.52. The summed E-state index contributed by atoms with van der Waals surface area (Å²) in [6.45, 7) is 5.21. The van der Waals surface area contributed by atoms with E-state index in [0.717, 1.165) is 12.2 Å². The summed E-state index contributed by atoms with van der Waals surface area (Å²) >= 11 is 0. The Hall–Kier alpha value is -1.96. The Morgan fingerprint density at radius 2 is 1.67 bits per heavy atom. The van der Waals surface area contributed by atoms with Crippen LogP contribution in [0.4, 0.5) is 11.4 Å². The van der Waals surface area contributed by atoms with E-state index >= 15 is 0 Å². The fourth-order valence-corrected chi connectivity index (χ4v) is 2.13. The van der Waals surface area contributed by atoms with Gasteiger partial charge < -0.3 is 10.6 Å². The van der Waals surface area contributed by atoms with E-state index in [2.05, 4.69) is 56.1 Å². The molecular formula is C16H20N2. The Balaban J connectivity index is 2.19. The molecule has 0 atom stereocenters. The van der Waals surface area contributed by atoms with Gasteiger partial charge in [-0.05, 0) is 48.7 Å². The van der Waals surface area contributed by atoms with Gasteiger partial charge in [0.05, 0.1) is 0 Å². The minimum Gasteiger partial charge on any atom is -0.399 e. The highest BCUT2D eigenvalue weighted by Gasteiger charge is 2.06. The summed E-state index contributed by atoms with van der Waals surface area (Å²) in [7, 11) is 2.12. The molecule has 0 aliphatic heterocycles. The van der Waals surface area contributed by atoms with Crippen molar-refractivity contribution < 1.29 is 0 Å². The van der Waals surface area contributed by atoms with E-state index in [-0.39, 0.29) is 0 Å². The first-order chi connectivity index (χ1) is 8.58. The van der Waals surface area contributed by atoms with E-state index in [0.29, 0.717) is 0 Å². The Bertz CT molecular complexity index is 529. The van der Waals surface area contributed by atoms with E-state index in [1.54, 1.807) is 0 Å². The van der Waals surface area contributed by atoms with Gasteiger partial charge in [0.2, 0.25) is 0 Å². The summed E-state index contributed by atoms with van der Waals surface area (Å²) in [6, 6.07) is 14.5. The maximum Gasteiger partial charge on any atom is 0.0426 e. The number of nitrogens with two attached hydrogens (primary N) is 1. The second kappa shape index (κ2) is 5.13. The first-order valence-electron chi connectivity index (χ1n) is 6.19. The molecule has 0 unspecified atom stereocenters. The number of hydrogen-bond acceptors (Lipinski definition) is 2. The Labute approximate surface area is 109 Å². The van der Waals surface area contributed by atoms with Gasteiger partial charge >= 0.3 is 0 Å². The first kappa shape index (κ1) is 12.5. The highest BCUT2D eigenvalue weighted by molar-refractivity contribution is 5.55. The molecule has 94 valence electrons. The van der Waals surface area contributed by atoms with Crippen LogP contribution in [0.15, 0.2) is 42.5 Å². The zero-order chi connectivity index (χ0) is 13.1. The van der Waals surface area contributed by atoms with Crippen LogP contribution in [-0.2, 0) is 6.54 Å². The summed E-state index contributed by atoms with van der Waals surface area (Å²) in [4.78, 5) is 2.27. The molecule has 2 nitrogen and oxygen atoms in total. The fraction of sp³-hybridized carbons (Fsp3) is 0.250. The van der Waals surface area contributed by atoms with Crippen LogP contribution in [0, 0.1) is 13.8 Å². The normalized spacial score (nSPS) is 10.4. The second-order valence-corrected chi connectivity index (χ2v) is 4.82. The molecule has 18 heavy (non-hydrogen) atoms. The number of hydrogen-bond donors (Lipinski definition) is 1. The molecule has 0 heterocycles. The van der Waals surface area contributed by atoms with Crippen molar-refractivity contribution in [3.63, 3.8) is 0 Å². The van der Waals surface area contributed by atoms with Crippen LogP contribution in [0.1, 0.15) is 16.7 Å². The molecule has 0 saturated heterocycles. The molecule has 0 fully saturated rings. The maximum atomic E-state index is 5.70. The van der Waals surface area contributed by atoms with Gasteiger partial charge in [0.1, 0.15) is 0 Å². The maximum absolute atomic E-state index is 5.70. The Kier molecular flexibility index (Phi) is 3.56. The standard InChI is InChI=1S/C16H20N2/c1-12-5-4-6-16(13(12)2)18(3)11-14-7-9-15(17)10-8-14/h4-10H,11,17H2,1-3H3. The molecule has 0 bridgehead atoms. The smallest absolute Gasteiger partial charge is 0.0426 e. The van der Waals surface area contributed by atoms with E-state index in [1.165, 1.54) is 22.4 Å². The van der Waals surface area contributed by atoms with Gasteiger partial charge in [-0.25, -0.2) is 0 Å². The van der Waals surface area contributed by atoms with Crippen LogP contribution in [0.3, 0.4) is 0 Å². The van der Waals surface area contributed by atoms with Crippen molar-refractivity contribution in [1.29, 1.82) is 0 Å². The molecule has 2 rings (SSSR count). The van der Waals surface area contributed by atoms with Crippen LogP contribution < -0.4 is 10.6 Å². The lowest BCUT2D eigenvalue weighted by Crippen LogP contribution is -2.17. The average molecular weight is 240 g/mol. The molecule has 0 aliphatic rings. The SMILES string of the molecule is Cc1cccc(N(C)Cc2ccc(N)cc2)c1C. The largest absolute Gasteiger partial charge is 0.399 e. The van der Waals surface area contributed by atoms with Crippen molar-refractivity contribution in [2.45, 2.75) is 20.4 Å². The molecule has 0 aromatic heterocycles. The van der Waals surface area contributed by atoms with Crippen LogP contribution in [0.5, 0.6) is 0 Å². The summed E-state index contributed by atoms with van der Waals surface area (Å²) in [5.74, 6) is 0. The van der Waals surface area contributed by atoms with Gasteiger partial charge in [0.15, 0.2) is 0 Å². The molecule has 0 aliphatic carbocycles. The molecule has 0 amide bonds. The summed E-state index contributed by atoms with van der Waals surface area (Å²) in [6.07, 6.45) is 0. The number of nitrogen functional groups attached to an aromatic ring is 1. The van der Waals surface area contributed by atoms with Crippen LogP contribution >= 0.6 is 0 Å². The quantitative estimate of drug-likeness (QED) is 0.832. The van der Waals surface area contributed by atoms with E-state index in [9.17, 15) is 0 Å². The summed E-state index contributed by atoms with van der Waals surface area (Å²) in [5.41, 5.74) is 11.7. The topological polar surface area (TPSA) is 29.3 Å². The lowest BCUT2D eigenvalue weighted by Gasteiger charge is -2.22. The van der Waals surface area contributed by atoms with Crippen LogP contribution in [0.2, 0.25) is 0 Å². The van der Waals surface area contributed by atoms with Crippen molar-refractivity contribution in [2.24, 2.45) is 0 Å². The zero-order valence-electron chi connectivity index (χ0n) is 11.3. The third kappa shape index (κ3) is 2.65.